The maximum atomic E-state index is 10.8. The average Bonchev–Trinajstić information content (AvgIpc) is 3.40. The highest BCUT2D eigenvalue weighted by Gasteiger charge is 2.28. The third kappa shape index (κ3) is 8.32. The van der Waals surface area contributed by atoms with Gasteiger partial charge in [0.2, 0.25) is 6.41 Å². The van der Waals surface area contributed by atoms with Gasteiger partial charge in [-0.25, -0.2) is 0 Å². The molecule has 0 radical (unpaired) electrons. The van der Waals surface area contributed by atoms with Gasteiger partial charge in [-0.1, -0.05) is 57.5 Å². The molecule has 6 nitrogen and oxygen atoms in total. The van der Waals surface area contributed by atoms with Crippen molar-refractivity contribution >= 4 is 6.41 Å². The number of amides is 1. The molecule has 0 fully saturated rings. The van der Waals surface area contributed by atoms with E-state index in [1.165, 1.54) is 27.8 Å². The van der Waals surface area contributed by atoms with Gasteiger partial charge in [0.15, 0.2) is 0 Å². The first-order chi connectivity index (χ1) is 20.9. The van der Waals surface area contributed by atoms with Crippen LogP contribution in [0.5, 0.6) is 17.2 Å². The standard InChI is InChI=1S/C37H50N2O4/c1-7-11-29(23-38-24-40)39-22-28-20-26(5)36(21-37(28)41-8-2)43-35-17-16-32-31(13-9-14-33(32)35)30-12-10-15-34(27(30)6)42-19-18-25(3)4/h9-10,12-15,20-21,24-25,29,35,39H,7-8,11,16-19,22-23H2,1-6H3,(H,38,40)/t29?,35-/m0/s1. The molecule has 3 aromatic rings. The first-order valence-corrected chi connectivity index (χ1v) is 16.0. The molecule has 1 unspecified atom stereocenters. The number of benzene rings is 3. The predicted molar refractivity (Wildman–Crippen MR) is 175 cm³/mol. The summed E-state index contributed by atoms with van der Waals surface area (Å²) in [4.78, 5) is 10.8. The van der Waals surface area contributed by atoms with Gasteiger partial charge in [0.1, 0.15) is 23.4 Å². The van der Waals surface area contributed by atoms with Crippen LogP contribution in [-0.2, 0) is 17.8 Å². The van der Waals surface area contributed by atoms with E-state index >= 15 is 0 Å². The molecule has 0 heterocycles. The van der Waals surface area contributed by atoms with Gasteiger partial charge >= 0.3 is 0 Å². The molecule has 6 heteroatoms. The SMILES string of the molecule is CCCC(CNC=O)NCc1cc(C)c(O[C@H]2CCc3c(-c4cccc(OCCC(C)C)c4C)cccc32)cc1OCC. The summed E-state index contributed by atoms with van der Waals surface area (Å²) in [6.07, 6.45) is 5.74. The second kappa shape index (κ2) is 15.8. The van der Waals surface area contributed by atoms with E-state index < -0.39 is 0 Å². The largest absolute Gasteiger partial charge is 0.493 e. The average molecular weight is 587 g/mol. The molecule has 2 N–H and O–H groups in total. The zero-order valence-electron chi connectivity index (χ0n) is 26.9. The summed E-state index contributed by atoms with van der Waals surface area (Å²) in [5.41, 5.74) is 8.50. The Balaban J connectivity index is 1.54. The van der Waals surface area contributed by atoms with Crippen LogP contribution in [0.1, 0.15) is 87.3 Å². The van der Waals surface area contributed by atoms with Crippen molar-refractivity contribution in [3.8, 4) is 28.4 Å². The van der Waals surface area contributed by atoms with E-state index in [2.05, 4.69) is 93.8 Å². The van der Waals surface area contributed by atoms with E-state index in [9.17, 15) is 4.79 Å². The lowest BCUT2D eigenvalue weighted by Crippen LogP contribution is -2.37. The number of hydrogen-bond acceptors (Lipinski definition) is 5. The minimum Gasteiger partial charge on any atom is -0.493 e. The molecule has 43 heavy (non-hydrogen) atoms. The van der Waals surface area contributed by atoms with Crippen molar-refractivity contribution in [1.29, 1.82) is 0 Å². The molecule has 2 atom stereocenters. The quantitative estimate of drug-likeness (QED) is 0.158. The van der Waals surface area contributed by atoms with E-state index in [0.717, 1.165) is 73.5 Å². The van der Waals surface area contributed by atoms with Crippen LogP contribution in [0.15, 0.2) is 48.5 Å². The molecule has 0 aliphatic heterocycles. The van der Waals surface area contributed by atoms with Gasteiger partial charge in [0.25, 0.3) is 0 Å². The molecule has 1 aliphatic carbocycles. The van der Waals surface area contributed by atoms with Crippen molar-refractivity contribution in [2.24, 2.45) is 5.92 Å². The number of nitrogens with one attached hydrogen (secondary N) is 2. The van der Waals surface area contributed by atoms with Gasteiger partial charge in [-0.3, -0.25) is 4.79 Å². The molecule has 0 aromatic heterocycles. The topological polar surface area (TPSA) is 68.8 Å². The van der Waals surface area contributed by atoms with Crippen LogP contribution in [0.4, 0.5) is 0 Å². The van der Waals surface area contributed by atoms with E-state index in [1.54, 1.807) is 0 Å². The van der Waals surface area contributed by atoms with Crippen LogP contribution in [0.25, 0.3) is 11.1 Å². The lowest BCUT2D eigenvalue weighted by molar-refractivity contribution is -0.109. The highest BCUT2D eigenvalue weighted by atomic mass is 16.5. The fourth-order valence-corrected chi connectivity index (χ4v) is 5.97. The second-order valence-electron chi connectivity index (χ2n) is 12.0. The first kappa shape index (κ1) is 32.4. The second-order valence-corrected chi connectivity index (χ2v) is 12.0. The van der Waals surface area contributed by atoms with Crippen LogP contribution < -0.4 is 24.8 Å². The Morgan fingerprint density at radius 2 is 1.74 bits per heavy atom. The molecule has 0 spiro atoms. The molecule has 0 saturated heterocycles. The summed E-state index contributed by atoms with van der Waals surface area (Å²) in [6, 6.07) is 17.4. The van der Waals surface area contributed by atoms with Gasteiger partial charge in [0, 0.05) is 30.8 Å². The third-order valence-electron chi connectivity index (χ3n) is 8.34. The summed E-state index contributed by atoms with van der Waals surface area (Å²) in [7, 11) is 0. The number of carbonyl (C=O) groups is 1. The fourth-order valence-electron chi connectivity index (χ4n) is 5.97. The Labute approximate surface area is 258 Å². The molecule has 1 aliphatic rings. The lowest BCUT2D eigenvalue weighted by Gasteiger charge is -2.22. The minimum atomic E-state index is -0.0127. The summed E-state index contributed by atoms with van der Waals surface area (Å²) >= 11 is 0. The number of fused-ring (bicyclic) bond motifs is 1. The molecule has 3 aromatic carbocycles. The summed E-state index contributed by atoms with van der Waals surface area (Å²) in [6.45, 7) is 15.5. The first-order valence-electron chi connectivity index (χ1n) is 16.0. The molecule has 0 bridgehead atoms. The Kier molecular flexibility index (Phi) is 11.9. The van der Waals surface area contributed by atoms with Crippen molar-refractivity contribution in [2.45, 2.75) is 92.3 Å². The zero-order chi connectivity index (χ0) is 30.8. The monoisotopic (exact) mass is 586 g/mol. The highest BCUT2D eigenvalue weighted by molar-refractivity contribution is 5.74. The van der Waals surface area contributed by atoms with E-state index in [0.29, 0.717) is 25.6 Å². The van der Waals surface area contributed by atoms with Crippen molar-refractivity contribution in [1.82, 2.24) is 10.6 Å². The highest BCUT2D eigenvalue weighted by Crippen LogP contribution is 2.43. The number of rotatable bonds is 17. The summed E-state index contributed by atoms with van der Waals surface area (Å²) in [5, 5.41) is 6.41. The van der Waals surface area contributed by atoms with Crippen molar-refractivity contribution in [3.05, 3.63) is 76.3 Å². The summed E-state index contributed by atoms with van der Waals surface area (Å²) < 4.78 is 19.0. The van der Waals surface area contributed by atoms with Crippen LogP contribution in [0.2, 0.25) is 0 Å². The van der Waals surface area contributed by atoms with E-state index in [-0.39, 0.29) is 12.1 Å². The van der Waals surface area contributed by atoms with Crippen molar-refractivity contribution < 1.29 is 19.0 Å². The molecular formula is C37H50N2O4. The third-order valence-corrected chi connectivity index (χ3v) is 8.34. The van der Waals surface area contributed by atoms with Crippen molar-refractivity contribution in [2.75, 3.05) is 19.8 Å². The maximum absolute atomic E-state index is 10.8. The van der Waals surface area contributed by atoms with Crippen molar-refractivity contribution in [3.63, 3.8) is 0 Å². The number of ether oxygens (including phenoxy) is 3. The normalized spacial score (nSPS) is 14.8. The van der Waals surface area contributed by atoms with Crippen LogP contribution in [0.3, 0.4) is 0 Å². The number of hydrogen-bond donors (Lipinski definition) is 2. The maximum Gasteiger partial charge on any atom is 0.207 e. The smallest absolute Gasteiger partial charge is 0.207 e. The lowest BCUT2D eigenvalue weighted by atomic mass is 9.93. The number of carbonyl (C=O) groups excluding carboxylic acids is 1. The Bertz CT molecular complexity index is 1350. The number of aryl methyl sites for hydroxylation is 1. The molecule has 232 valence electrons. The van der Waals surface area contributed by atoms with Crippen LogP contribution >= 0.6 is 0 Å². The molecule has 4 rings (SSSR count). The van der Waals surface area contributed by atoms with Gasteiger partial charge in [0.05, 0.1) is 13.2 Å². The van der Waals surface area contributed by atoms with E-state index in [4.69, 9.17) is 14.2 Å². The Hall–Kier alpha value is -3.51. The van der Waals surface area contributed by atoms with E-state index in [1.807, 2.05) is 6.92 Å². The van der Waals surface area contributed by atoms with Gasteiger partial charge < -0.3 is 24.8 Å². The predicted octanol–water partition coefficient (Wildman–Crippen LogP) is 7.86. The Morgan fingerprint density at radius 1 is 0.953 bits per heavy atom. The van der Waals surface area contributed by atoms with Crippen LogP contribution in [0, 0.1) is 19.8 Å². The fraction of sp³-hybridized carbons (Fsp3) is 0.486. The van der Waals surface area contributed by atoms with Crippen LogP contribution in [-0.4, -0.2) is 32.2 Å². The molecular weight excluding hydrogens is 536 g/mol. The summed E-state index contributed by atoms with van der Waals surface area (Å²) in [5.74, 6) is 3.29. The van der Waals surface area contributed by atoms with Gasteiger partial charge in [-0.15, -0.1) is 0 Å². The van der Waals surface area contributed by atoms with Gasteiger partial charge in [-0.2, -0.15) is 0 Å². The molecule has 0 saturated carbocycles. The minimum absolute atomic E-state index is 0.0127. The molecule has 1 amide bonds. The zero-order valence-corrected chi connectivity index (χ0v) is 26.9. The van der Waals surface area contributed by atoms with Gasteiger partial charge in [-0.05, 0) is 97.9 Å². The Morgan fingerprint density at radius 3 is 2.49 bits per heavy atom.